The van der Waals surface area contributed by atoms with Crippen molar-refractivity contribution in [2.24, 2.45) is 4.99 Å². The molecule has 0 amide bonds. The Morgan fingerprint density at radius 2 is 2.04 bits per heavy atom. The molecule has 0 unspecified atom stereocenters. The second kappa shape index (κ2) is 11.6. The monoisotopic (exact) mass is 499 g/mol. The van der Waals surface area contributed by atoms with Crippen molar-refractivity contribution < 1.29 is 0 Å². The Morgan fingerprint density at radius 3 is 2.67 bits per heavy atom. The highest BCUT2D eigenvalue weighted by Gasteiger charge is 2.19. The normalized spacial score (nSPS) is 15.5. The van der Waals surface area contributed by atoms with Gasteiger partial charge in [-0.1, -0.05) is 12.1 Å². The summed E-state index contributed by atoms with van der Waals surface area (Å²) in [5, 5.41) is 5.61. The number of nitrogens with one attached hydrogen (secondary N) is 1. The largest absolute Gasteiger partial charge is 0.357 e. The smallest absolute Gasteiger partial charge is 0.194 e. The van der Waals surface area contributed by atoms with Crippen molar-refractivity contribution in [3.63, 3.8) is 0 Å². The Kier molecular flexibility index (Phi) is 9.50. The van der Waals surface area contributed by atoms with Gasteiger partial charge in [0, 0.05) is 62.6 Å². The van der Waals surface area contributed by atoms with Crippen molar-refractivity contribution >= 4 is 41.3 Å². The van der Waals surface area contributed by atoms with E-state index >= 15 is 0 Å². The fourth-order valence-corrected chi connectivity index (χ4v) is 3.85. The molecule has 5 nitrogen and oxygen atoms in total. The van der Waals surface area contributed by atoms with E-state index in [1.807, 2.05) is 24.5 Å². The van der Waals surface area contributed by atoms with Crippen LogP contribution in [-0.2, 0) is 13.0 Å². The molecule has 0 atom stereocenters. The van der Waals surface area contributed by atoms with Gasteiger partial charge in [-0.05, 0) is 43.3 Å². The van der Waals surface area contributed by atoms with Gasteiger partial charge in [-0.15, -0.1) is 35.3 Å². The van der Waals surface area contributed by atoms with Gasteiger partial charge in [-0.2, -0.15) is 0 Å². The molecule has 3 heterocycles. The predicted octanol–water partition coefficient (Wildman–Crippen LogP) is 3.40. The van der Waals surface area contributed by atoms with Gasteiger partial charge in [0.05, 0.1) is 0 Å². The van der Waals surface area contributed by atoms with Crippen LogP contribution in [0.4, 0.5) is 0 Å². The van der Waals surface area contributed by atoms with Crippen molar-refractivity contribution in [2.75, 3.05) is 39.3 Å². The molecular weight excluding hydrogens is 469 g/mol. The summed E-state index contributed by atoms with van der Waals surface area (Å²) in [6, 6.07) is 8.57. The summed E-state index contributed by atoms with van der Waals surface area (Å²) in [6.45, 7) is 11.2. The lowest BCUT2D eigenvalue weighted by atomic mass is 10.2. The summed E-state index contributed by atoms with van der Waals surface area (Å²) in [6.07, 6.45) is 2.89. The van der Waals surface area contributed by atoms with Gasteiger partial charge in [0.2, 0.25) is 0 Å². The van der Waals surface area contributed by atoms with Gasteiger partial charge in [0.1, 0.15) is 0 Å². The van der Waals surface area contributed by atoms with Gasteiger partial charge in [0.15, 0.2) is 5.96 Å². The number of pyridine rings is 1. The molecule has 1 aliphatic heterocycles. The molecule has 7 heteroatoms. The number of rotatable bonds is 6. The molecule has 0 aliphatic carbocycles. The average molecular weight is 499 g/mol. The molecule has 1 fully saturated rings. The molecule has 1 N–H and O–H groups in total. The minimum Gasteiger partial charge on any atom is -0.357 e. The maximum absolute atomic E-state index is 4.84. The molecule has 0 radical (unpaired) electrons. The van der Waals surface area contributed by atoms with Crippen LogP contribution in [0.5, 0.6) is 0 Å². The van der Waals surface area contributed by atoms with Crippen molar-refractivity contribution in [2.45, 2.75) is 26.8 Å². The fraction of sp³-hybridized carbons (Fsp3) is 0.500. The summed E-state index contributed by atoms with van der Waals surface area (Å²) in [7, 11) is 0. The van der Waals surface area contributed by atoms with E-state index in [9.17, 15) is 0 Å². The van der Waals surface area contributed by atoms with E-state index in [2.05, 4.69) is 56.7 Å². The fourth-order valence-electron chi connectivity index (χ4n) is 3.10. The second-order valence-corrected chi connectivity index (χ2v) is 7.67. The van der Waals surface area contributed by atoms with E-state index in [1.165, 1.54) is 10.4 Å². The first-order valence-electron chi connectivity index (χ1n) is 9.44. The molecule has 0 saturated carbocycles. The van der Waals surface area contributed by atoms with E-state index in [-0.39, 0.29) is 24.0 Å². The molecule has 0 aromatic carbocycles. The lowest BCUT2D eigenvalue weighted by molar-refractivity contribution is 0.173. The van der Waals surface area contributed by atoms with Crippen LogP contribution in [0.15, 0.2) is 40.8 Å². The summed E-state index contributed by atoms with van der Waals surface area (Å²) in [5.74, 6) is 1.04. The highest BCUT2D eigenvalue weighted by molar-refractivity contribution is 14.0. The van der Waals surface area contributed by atoms with E-state index in [4.69, 9.17) is 4.99 Å². The van der Waals surface area contributed by atoms with Crippen molar-refractivity contribution in [3.05, 3.63) is 52.0 Å². The summed E-state index contributed by atoms with van der Waals surface area (Å²) in [4.78, 5) is 15.6. The lowest BCUT2D eigenvalue weighted by Crippen LogP contribution is -2.52. The third-order valence-electron chi connectivity index (χ3n) is 4.60. The first-order valence-corrected chi connectivity index (χ1v) is 10.3. The molecule has 27 heavy (non-hydrogen) atoms. The standard InChI is InChI=1S/C20H29N5S.HI/c1-3-21-20(22-9-8-18-7-6-17(2)23-15-18)25-12-10-24(11-13-25)16-19-5-4-14-26-19;/h4-7,14-15H,3,8-13,16H2,1-2H3,(H,21,22);1H. The van der Waals surface area contributed by atoms with Crippen LogP contribution < -0.4 is 5.32 Å². The van der Waals surface area contributed by atoms with Crippen LogP contribution in [0.2, 0.25) is 0 Å². The Balaban J connectivity index is 0.00000261. The number of halogens is 1. The number of aliphatic imine (C=N–C) groups is 1. The van der Waals surface area contributed by atoms with Gasteiger partial charge in [-0.3, -0.25) is 14.9 Å². The number of nitrogens with zero attached hydrogens (tertiary/aromatic N) is 4. The van der Waals surface area contributed by atoms with Crippen LogP contribution in [0, 0.1) is 6.92 Å². The lowest BCUT2D eigenvalue weighted by Gasteiger charge is -2.36. The number of thiophene rings is 1. The zero-order valence-corrected chi connectivity index (χ0v) is 19.4. The molecule has 2 aromatic rings. The quantitative estimate of drug-likeness (QED) is 0.376. The van der Waals surface area contributed by atoms with E-state index < -0.39 is 0 Å². The van der Waals surface area contributed by atoms with Crippen molar-refractivity contribution in [1.29, 1.82) is 0 Å². The SMILES string of the molecule is CCNC(=NCCc1ccc(C)nc1)N1CCN(Cc2cccs2)CC1.I. The summed E-state index contributed by atoms with van der Waals surface area (Å²) >= 11 is 1.85. The van der Waals surface area contributed by atoms with Gasteiger partial charge in [-0.25, -0.2) is 0 Å². The highest BCUT2D eigenvalue weighted by atomic mass is 127. The number of hydrogen-bond acceptors (Lipinski definition) is 4. The van der Waals surface area contributed by atoms with Crippen LogP contribution in [0.3, 0.4) is 0 Å². The maximum atomic E-state index is 4.84. The summed E-state index contributed by atoms with van der Waals surface area (Å²) < 4.78 is 0. The van der Waals surface area contributed by atoms with Crippen molar-refractivity contribution in [1.82, 2.24) is 20.1 Å². The van der Waals surface area contributed by atoms with Gasteiger partial charge in [0.25, 0.3) is 0 Å². The van der Waals surface area contributed by atoms with E-state index in [0.717, 1.165) is 63.9 Å². The van der Waals surface area contributed by atoms with E-state index in [0.29, 0.717) is 0 Å². The molecular formula is C20H30IN5S. The zero-order chi connectivity index (χ0) is 18.2. The van der Waals surface area contributed by atoms with Crippen LogP contribution >= 0.6 is 35.3 Å². The average Bonchev–Trinajstić information content (AvgIpc) is 3.16. The Bertz CT molecular complexity index is 679. The number of guanidine groups is 1. The molecule has 1 aliphatic rings. The van der Waals surface area contributed by atoms with Crippen LogP contribution in [0.1, 0.15) is 23.1 Å². The Morgan fingerprint density at radius 1 is 1.22 bits per heavy atom. The van der Waals surface area contributed by atoms with Crippen LogP contribution in [0.25, 0.3) is 0 Å². The Hall–Kier alpha value is -1.19. The molecule has 0 spiro atoms. The summed E-state index contributed by atoms with van der Waals surface area (Å²) in [5.41, 5.74) is 2.31. The maximum Gasteiger partial charge on any atom is 0.194 e. The minimum atomic E-state index is 0. The van der Waals surface area contributed by atoms with Gasteiger partial charge >= 0.3 is 0 Å². The third-order valence-corrected chi connectivity index (χ3v) is 5.46. The Labute approximate surface area is 183 Å². The first kappa shape index (κ1) is 22.1. The number of hydrogen-bond donors (Lipinski definition) is 1. The topological polar surface area (TPSA) is 43.8 Å². The first-order chi connectivity index (χ1) is 12.7. The highest BCUT2D eigenvalue weighted by Crippen LogP contribution is 2.13. The molecule has 148 valence electrons. The molecule has 1 saturated heterocycles. The predicted molar refractivity (Wildman–Crippen MR) is 125 cm³/mol. The molecule has 3 rings (SSSR count). The van der Waals surface area contributed by atoms with Gasteiger partial charge < -0.3 is 10.2 Å². The number of aromatic nitrogens is 1. The van der Waals surface area contributed by atoms with Crippen molar-refractivity contribution in [3.8, 4) is 0 Å². The third kappa shape index (κ3) is 7.04. The molecule has 2 aromatic heterocycles. The van der Waals surface area contributed by atoms with E-state index in [1.54, 1.807) is 0 Å². The zero-order valence-electron chi connectivity index (χ0n) is 16.2. The number of piperazine rings is 1. The second-order valence-electron chi connectivity index (χ2n) is 6.64. The molecule has 0 bridgehead atoms. The van der Waals surface area contributed by atoms with Crippen LogP contribution in [-0.4, -0.2) is 60.0 Å². The minimum absolute atomic E-state index is 0. The number of aryl methyl sites for hydroxylation is 1.